The highest BCUT2D eigenvalue weighted by atomic mass is 32.1. The number of hydrogen-bond acceptors (Lipinski definition) is 7. The van der Waals surface area contributed by atoms with Crippen LogP contribution >= 0.6 is 12.2 Å². The summed E-state index contributed by atoms with van der Waals surface area (Å²) in [5, 5.41) is 0.123. The third-order valence-electron chi connectivity index (χ3n) is 3.86. The van der Waals surface area contributed by atoms with Crippen LogP contribution in [0.15, 0.2) is 33.7 Å². The number of ether oxygens (including phenoxy) is 2. The molecule has 0 aliphatic heterocycles. The Labute approximate surface area is 153 Å². The number of fused-ring (bicyclic) bond motifs is 1. The van der Waals surface area contributed by atoms with Crippen LogP contribution in [0.2, 0.25) is 0 Å². The number of hydrogen-bond donors (Lipinski definition) is 1. The summed E-state index contributed by atoms with van der Waals surface area (Å²) in [5.41, 5.74) is 0.306. The maximum Gasteiger partial charge on any atom is 0.338 e. The standard InChI is InChI=1S/C17H17N3O5S/c1-23-7-4-6-20-14-13(15(21)19-17(20)26)10(16(22)24-2)9-11(18-14)12-5-3-8-25-12/h3,5,8-9H,4,6-7H2,1-2H3,(H,19,21,26). The van der Waals surface area contributed by atoms with Gasteiger partial charge in [0.05, 0.1) is 24.3 Å². The molecule has 0 aromatic carbocycles. The Balaban J connectivity index is 2.34. The van der Waals surface area contributed by atoms with Crippen molar-refractivity contribution in [2.24, 2.45) is 0 Å². The molecule has 0 atom stereocenters. The van der Waals surface area contributed by atoms with Crippen molar-refractivity contribution in [3.8, 4) is 11.5 Å². The number of aryl methyl sites for hydroxylation is 1. The summed E-state index contributed by atoms with van der Waals surface area (Å²) in [6.07, 6.45) is 2.16. The molecule has 26 heavy (non-hydrogen) atoms. The first-order chi connectivity index (χ1) is 12.6. The lowest BCUT2D eigenvalue weighted by Gasteiger charge is -2.13. The van der Waals surface area contributed by atoms with Gasteiger partial charge in [-0.2, -0.15) is 0 Å². The number of aromatic nitrogens is 3. The third kappa shape index (κ3) is 3.31. The lowest BCUT2D eigenvalue weighted by Crippen LogP contribution is -2.20. The number of rotatable bonds is 6. The number of nitrogens with zero attached hydrogens (tertiary/aromatic N) is 2. The average molecular weight is 375 g/mol. The van der Waals surface area contributed by atoms with Gasteiger partial charge in [-0.05, 0) is 36.8 Å². The normalized spacial score (nSPS) is 11.0. The molecule has 136 valence electrons. The van der Waals surface area contributed by atoms with Gasteiger partial charge in [-0.1, -0.05) is 0 Å². The van der Waals surface area contributed by atoms with Crippen molar-refractivity contribution in [3.05, 3.63) is 45.2 Å². The van der Waals surface area contributed by atoms with Gasteiger partial charge in [-0.15, -0.1) is 0 Å². The van der Waals surface area contributed by atoms with E-state index >= 15 is 0 Å². The fourth-order valence-corrected chi connectivity index (χ4v) is 2.94. The van der Waals surface area contributed by atoms with Crippen LogP contribution < -0.4 is 5.56 Å². The number of esters is 1. The zero-order valence-electron chi connectivity index (χ0n) is 14.3. The molecule has 3 aromatic heterocycles. The molecular weight excluding hydrogens is 358 g/mol. The quantitative estimate of drug-likeness (QED) is 0.401. The molecule has 0 amide bonds. The van der Waals surface area contributed by atoms with Gasteiger partial charge in [-0.3, -0.25) is 9.78 Å². The summed E-state index contributed by atoms with van der Waals surface area (Å²) in [5.74, 6) is -0.178. The van der Waals surface area contributed by atoms with Crippen molar-refractivity contribution in [3.63, 3.8) is 0 Å². The van der Waals surface area contributed by atoms with Gasteiger partial charge in [0, 0.05) is 20.3 Å². The second-order valence-corrected chi connectivity index (χ2v) is 5.87. The Morgan fingerprint density at radius 1 is 1.42 bits per heavy atom. The number of carbonyl (C=O) groups is 1. The molecule has 0 saturated heterocycles. The van der Waals surface area contributed by atoms with E-state index in [1.54, 1.807) is 23.8 Å². The van der Waals surface area contributed by atoms with Crippen LogP contribution in [0, 0.1) is 4.77 Å². The average Bonchev–Trinajstić information content (AvgIpc) is 3.17. The summed E-state index contributed by atoms with van der Waals surface area (Å²) in [6, 6.07) is 4.90. The van der Waals surface area contributed by atoms with Crippen LogP contribution in [0.4, 0.5) is 0 Å². The Morgan fingerprint density at radius 3 is 2.88 bits per heavy atom. The number of pyridine rings is 1. The van der Waals surface area contributed by atoms with Crippen molar-refractivity contribution in [1.82, 2.24) is 14.5 Å². The molecule has 0 fully saturated rings. The smallest absolute Gasteiger partial charge is 0.338 e. The first kappa shape index (κ1) is 18.0. The Morgan fingerprint density at radius 2 is 2.23 bits per heavy atom. The van der Waals surface area contributed by atoms with Gasteiger partial charge in [0.15, 0.2) is 10.5 Å². The van der Waals surface area contributed by atoms with Gasteiger partial charge < -0.3 is 18.5 Å². The van der Waals surface area contributed by atoms with Crippen LogP contribution in [0.25, 0.3) is 22.5 Å². The molecule has 8 nitrogen and oxygen atoms in total. The van der Waals surface area contributed by atoms with E-state index in [0.29, 0.717) is 36.7 Å². The number of nitrogens with one attached hydrogen (secondary N) is 1. The number of H-pyrrole nitrogens is 1. The second-order valence-electron chi connectivity index (χ2n) is 5.48. The van der Waals surface area contributed by atoms with Gasteiger partial charge >= 0.3 is 5.97 Å². The molecule has 0 spiro atoms. The fraction of sp³-hybridized carbons (Fsp3) is 0.294. The maximum atomic E-state index is 12.5. The number of methoxy groups -OCH3 is 2. The second kappa shape index (κ2) is 7.63. The van der Waals surface area contributed by atoms with E-state index in [1.165, 1.54) is 19.4 Å². The maximum absolute atomic E-state index is 12.5. The Kier molecular flexibility index (Phi) is 5.29. The minimum Gasteiger partial charge on any atom is -0.465 e. The molecule has 3 aromatic rings. The van der Waals surface area contributed by atoms with Crippen molar-refractivity contribution < 1.29 is 18.7 Å². The van der Waals surface area contributed by atoms with Crippen LogP contribution in [0.3, 0.4) is 0 Å². The first-order valence-corrected chi connectivity index (χ1v) is 8.26. The molecule has 0 bridgehead atoms. The molecule has 9 heteroatoms. The molecule has 3 rings (SSSR count). The van der Waals surface area contributed by atoms with E-state index < -0.39 is 11.5 Å². The summed E-state index contributed by atoms with van der Waals surface area (Å²) in [6.45, 7) is 0.985. The lowest BCUT2D eigenvalue weighted by molar-refractivity contribution is 0.0603. The largest absolute Gasteiger partial charge is 0.465 e. The van der Waals surface area contributed by atoms with Crippen LogP contribution in [0.1, 0.15) is 16.8 Å². The number of furan rings is 1. The molecule has 0 aliphatic carbocycles. The highest BCUT2D eigenvalue weighted by Crippen LogP contribution is 2.24. The summed E-state index contributed by atoms with van der Waals surface area (Å²) >= 11 is 5.28. The zero-order valence-corrected chi connectivity index (χ0v) is 15.1. The third-order valence-corrected chi connectivity index (χ3v) is 4.18. The monoisotopic (exact) mass is 375 g/mol. The molecule has 0 aliphatic rings. The predicted molar refractivity (Wildman–Crippen MR) is 96.7 cm³/mol. The fourth-order valence-electron chi connectivity index (χ4n) is 2.67. The first-order valence-electron chi connectivity index (χ1n) is 7.85. The topological polar surface area (TPSA) is 99.4 Å². The zero-order chi connectivity index (χ0) is 18.7. The molecule has 3 heterocycles. The SMILES string of the molecule is COCCCn1c(=S)[nH]c(=O)c2c(C(=O)OC)cc(-c3ccco3)nc21. The van der Waals surface area contributed by atoms with Gasteiger partial charge in [0.1, 0.15) is 11.3 Å². The van der Waals surface area contributed by atoms with E-state index in [2.05, 4.69) is 9.97 Å². The number of carbonyl (C=O) groups excluding carboxylic acids is 1. The van der Waals surface area contributed by atoms with E-state index in [0.717, 1.165) is 0 Å². The minimum atomic E-state index is -0.642. The van der Waals surface area contributed by atoms with Gasteiger partial charge in [0.25, 0.3) is 5.56 Å². The molecule has 0 unspecified atom stereocenters. The van der Waals surface area contributed by atoms with Crippen LogP contribution in [-0.4, -0.2) is 41.3 Å². The predicted octanol–water partition coefficient (Wildman–Crippen LogP) is 2.54. The van der Waals surface area contributed by atoms with Crippen molar-refractivity contribution >= 4 is 29.2 Å². The van der Waals surface area contributed by atoms with E-state index in [4.69, 9.17) is 26.1 Å². The highest BCUT2D eigenvalue weighted by molar-refractivity contribution is 7.71. The van der Waals surface area contributed by atoms with Crippen molar-refractivity contribution in [2.75, 3.05) is 20.8 Å². The summed E-state index contributed by atoms with van der Waals surface area (Å²) in [4.78, 5) is 31.9. The summed E-state index contributed by atoms with van der Waals surface area (Å²) in [7, 11) is 2.86. The molecule has 0 saturated carbocycles. The van der Waals surface area contributed by atoms with Crippen molar-refractivity contribution in [2.45, 2.75) is 13.0 Å². The minimum absolute atomic E-state index is 0.0978. The molecule has 0 radical (unpaired) electrons. The van der Waals surface area contributed by atoms with Crippen LogP contribution in [0.5, 0.6) is 0 Å². The van der Waals surface area contributed by atoms with E-state index in [9.17, 15) is 9.59 Å². The number of aromatic amines is 1. The van der Waals surface area contributed by atoms with Crippen LogP contribution in [-0.2, 0) is 16.0 Å². The van der Waals surface area contributed by atoms with E-state index in [1.807, 2.05) is 0 Å². The Hall–Kier alpha value is -2.78. The van der Waals surface area contributed by atoms with Gasteiger partial charge in [0.2, 0.25) is 0 Å². The Bertz CT molecular complexity index is 1050. The molecule has 1 N–H and O–H groups in total. The lowest BCUT2D eigenvalue weighted by atomic mass is 10.1. The van der Waals surface area contributed by atoms with E-state index in [-0.39, 0.29) is 15.7 Å². The summed E-state index contributed by atoms with van der Waals surface area (Å²) < 4.78 is 17.2. The highest BCUT2D eigenvalue weighted by Gasteiger charge is 2.20. The molecular formula is C17H17N3O5S. The van der Waals surface area contributed by atoms with Crippen molar-refractivity contribution in [1.29, 1.82) is 0 Å². The van der Waals surface area contributed by atoms with Gasteiger partial charge in [-0.25, -0.2) is 9.78 Å².